The summed E-state index contributed by atoms with van der Waals surface area (Å²) in [5, 5.41) is 2.82. The van der Waals surface area contributed by atoms with Gasteiger partial charge in [-0.2, -0.15) is 0 Å². The quantitative estimate of drug-likeness (QED) is 0.782. The van der Waals surface area contributed by atoms with Crippen molar-refractivity contribution in [3.63, 3.8) is 0 Å². The van der Waals surface area contributed by atoms with Gasteiger partial charge in [0, 0.05) is 39.1 Å². The van der Waals surface area contributed by atoms with Gasteiger partial charge in [0.1, 0.15) is 0 Å². The largest absolute Gasteiger partial charge is 0.381 e. The van der Waals surface area contributed by atoms with E-state index in [0.29, 0.717) is 25.5 Å². The lowest BCUT2D eigenvalue weighted by molar-refractivity contribution is -0.138. The van der Waals surface area contributed by atoms with Crippen LogP contribution in [0.15, 0.2) is 0 Å². The molecule has 2 aliphatic heterocycles. The number of piperidine rings is 1. The summed E-state index contributed by atoms with van der Waals surface area (Å²) >= 11 is 0. The first-order chi connectivity index (χ1) is 8.70. The van der Waals surface area contributed by atoms with E-state index >= 15 is 0 Å². The minimum Gasteiger partial charge on any atom is -0.381 e. The van der Waals surface area contributed by atoms with Gasteiger partial charge < -0.3 is 15.0 Å². The highest BCUT2D eigenvalue weighted by molar-refractivity contribution is 5.81. The first-order valence-electron chi connectivity index (χ1n) is 6.79. The van der Waals surface area contributed by atoms with Crippen LogP contribution in [0.4, 0.5) is 0 Å². The number of hydrogen-bond donors (Lipinski definition) is 1. The van der Waals surface area contributed by atoms with Gasteiger partial charge in [-0.1, -0.05) is 0 Å². The number of likely N-dealkylation sites (tertiary alicyclic amines) is 1. The highest BCUT2D eigenvalue weighted by Gasteiger charge is 2.29. The molecule has 0 unspecified atom stereocenters. The molecule has 0 radical (unpaired) electrons. The number of carbonyl (C=O) groups is 2. The molecule has 1 atom stereocenters. The Kier molecular flexibility index (Phi) is 4.58. The van der Waals surface area contributed by atoms with E-state index in [0.717, 1.165) is 32.4 Å². The van der Waals surface area contributed by atoms with E-state index in [2.05, 4.69) is 5.32 Å². The molecule has 2 amide bonds. The van der Waals surface area contributed by atoms with E-state index in [1.807, 2.05) is 4.90 Å². The Morgan fingerprint density at radius 3 is 2.67 bits per heavy atom. The number of amides is 2. The zero-order valence-corrected chi connectivity index (χ0v) is 11.0. The van der Waals surface area contributed by atoms with Gasteiger partial charge in [0.15, 0.2) is 0 Å². The average molecular weight is 254 g/mol. The molecule has 18 heavy (non-hydrogen) atoms. The van der Waals surface area contributed by atoms with Crippen LogP contribution in [-0.2, 0) is 14.3 Å². The first-order valence-corrected chi connectivity index (χ1v) is 6.79. The zero-order valence-electron chi connectivity index (χ0n) is 11.0. The smallest absolute Gasteiger partial charge is 0.225 e. The molecule has 0 aromatic rings. The monoisotopic (exact) mass is 254 g/mol. The maximum Gasteiger partial charge on any atom is 0.225 e. The molecular formula is C13H22N2O3. The second-order valence-corrected chi connectivity index (χ2v) is 5.13. The summed E-state index contributed by atoms with van der Waals surface area (Å²) in [6.45, 7) is 2.20. The second kappa shape index (κ2) is 6.18. The van der Waals surface area contributed by atoms with Crippen LogP contribution in [0.25, 0.3) is 0 Å². The maximum atomic E-state index is 12.4. The minimum absolute atomic E-state index is 0.0167. The van der Waals surface area contributed by atoms with Crippen LogP contribution in [0.3, 0.4) is 0 Å². The van der Waals surface area contributed by atoms with Crippen molar-refractivity contribution in [2.24, 2.45) is 5.92 Å². The summed E-state index contributed by atoms with van der Waals surface area (Å²) in [5.74, 6) is 0.312. The number of methoxy groups -OCH3 is 1. The van der Waals surface area contributed by atoms with Gasteiger partial charge in [-0.15, -0.1) is 0 Å². The fourth-order valence-electron chi connectivity index (χ4n) is 2.74. The molecule has 2 heterocycles. The predicted molar refractivity (Wildman–Crippen MR) is 67.0 cm³/mol. The molecule has 0 spiro atoms. The van der Waals surface area contributed by atoms with Gasteiger partial charge >= 0.3 is 0 Å². The zero-order chi connectivity index (χ0) is 13.0. The molecule has 102 valence electrons. The fourth-order valence-corrected chi connectivity index (χ4v) is 2.74. The standard InChI is InChI=1S/C13H22N2O3/c1-18-11-5-8-15(9-6-11)13(17)10-2-3-12(16)14-7-4-10/h10-11H,2-9H2,1H3,(H,14,16)/t10-/m1/s1. The van der Waals surface area contributed by atoms with E-state index in [9.17, 15) is 9.59 Å². The van der Waals surface area contributed by atoms with Gasteiger partial charge in [0.2, 0.25) is 11.8 Å². The maximum absolute atomic E-state index is 12.4. The van der Waals surface area contributed by atoms with Gasteiger partial charge in [0.05, 0.1) is 6.10 Å². The average Bonchev–Trinajstić information content (AvgIpc) is 2.63. The molecule has 5 nitrogen and oxygen atoms in total. The molecule has 2 fully saturated rings. The van der Waals surface area contributed by atoms with E-state index in [4.69, 9.17) is 4.74 Å². The molecule has 0 saturated carbocycles. The first kappa shape index (κ1) is 13.3. The van der Waals surface area contributed by atoms with Crippen molar-refractivity contribution < 1.29 is 14.3 Å². The van der Waals surface area contributed by atoms with Gasteiger partial charge in [0.25, 0.3) is 0 Å². The van der Waals surface area contributed by atoms with Crippen molar-refractivity contribution in [2.75, 3.05) is 26.7 Å². The lowest BCUT2D eigenvalue weighted by Crippen LogP contribution is -2.43. The highest BCUT2D eigenvalue weighted by atomic mass is 16.5. The Balaban J connectivity index is 1.85. The minimum atomic E-state index is 0.0167. The van der Waals surface area contributed by atoms with Gasteiger partial charge in [-0.25, -0.2) is 0 Å². The molecule has 1 N–H and O–H groups in total. The summed E-state index contributed by atoms with van der Waals surface area (Å²) in [7, 11) is 1.73. The van der Waals surface area contributed by atoms with Crippen LogP contribution in [0.1, 0.15) is 32.1 Å². The normalized spacial score (nSPS) is 26.6. The summed E-state index contributed by atoms with van der Waals surface area (Å²) in [6, 6.07) is 0. The van der Waals surface area contributed by atoms with Crippen LogP contribution in [0.2, 0.25) is 0 Å². The van der Waals surface area contributed by atoms with Crippen LogP contribution < -0.4 is 5.32 Å². The van der Waals surface area contributed by atoms with Crippen LogP contribution >= 0.6 is 0 Å². The molecule has 5 heteroatoms. The number of ether oxygens (including phenoxy) is 1. The van der Waals surface area contributed by atoms with Crippen molar-refractivity contribution in [2.45, 2.75) is 38.2 Å². The molecule has 0 bridgehead atoms. The van der Waals surface area contributed by atoms with Gasteiger partial charge in [-0.05, 0) is 25.7 Å². The summed E-state index contributed by atoms with van der Waals surface area (Å²) in [6.07, 6.45) is 4.08. The third kappa shape index (κ3) is 3.22. The highest BCUT2D eigenvalue weighted by Crippen LogP contribution is 2.20. The van der Waals surface area contributed by atoms with Crippen LogP contribution in [0.5, 0.6) is 0 Å². The summed E-state index contributed by atoms with van der Waals surface area (Å²) in [4.78, 5) is 25.6. The predicted octanol–water partition coefficient (Wildman–Crippen LogP) is 0.540. The molecule has 2 saturated heterocycles. The van der Waals surface area contributed by atoms with Crippen LogP contribution in [0, 0.1) is 5.92 Å². The Labute approximate surface area is 108 Å². The molecule has 2 rings (SSSR count). The lowest BCUT2D eigenvalue weighted by atomic mass is 9.97. The van der Waals surface area contributed by atoms with Crippen molar-refractivity contribution >= 4 is 11.8 Å². The number of rotatable bonds is 2. The van der Waals surface area contributed by atoms with Crippen molar-refractivity contribution in [3.8, 4) is 0 Å². The number of nitrogens with one attached hydrogen (secondary N) is 1. The third-order valence-electron chi connectivity index (χ3n) is 3.97. The van der Waals surface area contributed by atoms with Crippen LogP contribution in [-0.4, -0.2) is 49.6 Å². The number of carbonyl (C=O) groups excluding carboxylic acids is 2. The topological polar surface area (TPSA) is 58.6 Å². The van der Waals surface area contributed by atoms with E-state index in [1.165, 1.54) is 0 Å². The van der Waals surface area contributed by atoms with E-state index in [-0.39, 0.29) is 17.7 Å². The number of hydrogen-bond acceptors (Lipinski definition) is 3. The number of nitrogens with zero attached hydrogens (tertiary/aromatic N) is 1. The Morgan fingerprint density at radius 2 is 2.00 bits per heavy atom. The van der Waals surface area contributed by atoms with Crippen molar-refractivity contribution in [3.05, 3.63) is 0 Å². The van der Waals surface area contributed by atoms with E-state index in [1.54, 1.807) is 7.11 Å². The van der Waals surface area contributed by atoms with E-state index < -0.39 is 0 Å². The van der Waals surface area contributed by atoms with Crippen molar-refractivity contribution in [1.82, 2.24) is 10.2 Å². The third-order valence-corrected chi connectivity index (χ3v) is 3.97. The molecule has 0 aromatic carbocycles. The van der Waals surface area contributed by atoms with Gasteiger partial charge in [-0.3, -0.25) is 9.59 Å². The molecule has 0 aliphatic carbocycles. The molecule has 2 aliphatic rings. The summed E-state index contributed by atoms with van der Waals surface area (Å²) in [5.41, 5.74) is 0. The lowest BCUT2D eigenvalue weighted by Gasteiger charge is -2.33. The SMILES string of the molecule is COC1CCN(C(=O)[C@H]2CCNC(=O)CC2)CC1. The summed E-state index contributed by atoms with van der Waals surface area (Å²) < 4.78 is 5.31. The molecular weight excluding hydrogens is 232 g/mol. The Hall–Kier alpha value is -1.10. The van der Waals surface area contributed by atoms with Crippen molar-refractivity contribution in [1.29, 1.82) is 0 Å². The Bertz CT molecular complexity index is 311. The fraction of sp³-hybridized carbons (Fsp3) is 0.846. The molecule has 0 aromatic heterocycles. The Morgan fingerprint density at radius 1 is 1.28 bits per heavy atom. The second-order valence-electron chi connectivity index (χ2n) is 5.13.